The molecule has 2 aromatic carbocycles. The van der Waals surface area contributed by atoms with E-state index in [1.54, 1.807) is 7.11 Å². The van der Waals surface area contributed by atoms with Crippen LogP contribution in [-0.2, 0) is 0 Å². The highest BCUT2D eigenvalue weighted by Gasteiger charge is 2.06. The van der Waals surface area contributed by atoms with Gasteiger partial charge in [-0.25, -0.2) is 0 Å². The van der Waals surface area contributed by atoms with E-state index in [1.165, 1.54) is 0 Å². The molecule has 18 heavy (non-hydrogen) atoms. The van der Waals surface area contributed by atoms with E-state index >= 15 is 0 Å². The first-order valence-electron chi connectivity index (χ1n) is 5.91. The van der Waals surface area contributed by atoms with Gasteiger partial charge in [-0.3, -0.25) is 0 Å². The lowest BCUT2D eigenvalue weighted by molar-refractivity contribution is 0.311. The third-order valence-corrected chi connectivity index (χ3v) is 2.68. The molecular weight excluding hydrogens is 226 g/mol. The summed E-state index contributed by atoms with van der Waals surface area (Å²) in [5, 5.41) is 0. The van der Waals surface area contributed by atoms with Crippen LogP contribution < -0.4 is 15.2 Å². The van der Waals surface area contributed by atoms with Crippen LogP contribution in [0.3, 0.4) is 0 Å². The van der Waals surface area contributed by atoms with E-state index in [9.17, 15) is 0 Å². The molecule has 0 radical (unpaired) electrons. The van der Waals surface area contributed by atoms with E-state index in [0.717, 1.165) is 28.3 Å². The molecule has 0 amide bonds. The molecule has 0 aliphatic heterocycles. The number of nitrogen functional groups attached to an aromatic ring is 1. The van der Waals surface area contributed by atoms with Crippen LogP contribution in [0.2, 0.25) is 0 Å². The van der Waals surface area contributed by atoms with Crippen molar-refractivity contribution in [2.24, 2.45) is 0 Å². The molecule has 0 heterocycles. The zero-order valence-electron chi connectivity index (χ0n) is 10.6. The van der Waals surface area contributed by atoms with Gasteiger partial charge in [0.25, 0.3) is 0 Å². The van der Waals surface area contributed by atoms with Crippen LogP contribution in [0, 0.1) is 0 Å². The Kier molecular flexibility index (Phi) is 3.72. The molecule has 0 unspecified atom stereocenters. The minimum atomic E-state index is 0.619. The fraction of sp³-hybridized carbons (Fsp3) is 0.200. The van der Waals surface area contributed by atoms with Gasteiger partial charge in [-0.1, -0.05) is 18.2 Å². The van der Waals surface area contributed by atoms with E-state index in [4.69, 9.17) is 15.2 Å². The van der Waals surface area contributed by atoms with Gasteiger partial charge in [0, 0.05) is 5.69 Å². The number of anilines is 1. The number of hydrogen-bond acceptors (Lipinski definition) is 3. The summed E-state index contributed by atoms with van der Waals surface area (Å²) in [6, 6.07) is 13.6. The number of methoxy groups -OCH3 is 1. The molecule has 0 aromatic heterocycles. The first-order valence-corrected chi connectivity index (χ1v) is 5.91. The average molecular weight is 243 g/mol. The molecule has 0 atom stereocenters. The summed E-state index contributed by atoms with van der Waals surface area (Å²) in [5.74, 6) is 1.49. The van der Waals surface area contributed by atoms with Crippen LogP contribution >= 0.6 is 0 Å². The Labute approximate surface area is 107 Å². The van der Waals surface area contributed by atoms with Crippen molar-refractivity contribution >= 4 is 5.69 Å². The van der Waals surface area contributed by atoms with E-state index in [-0.39, 0.29) is 0 Å². The molecule has 2 N–H and O–H groups in total. The second-order valence-electron chi connectivity index (χ2n) is 3.92. The quantitative estimate of drug-likeness (QED) is 0.837. The predicted octanol–water partition coefficient (Wildman–Crippen LogP) is 3.34. The van der Waals surface area contributed by atoms with Gasteiger partial charge in [-0.05, 0) is 42.3 Å². The molecule has 3 heteroatoms. The summed E-state index contributed by atoms with van der Waals surface area (Å²) in [6.45, 7) is 2.57. The topological polar surface area (TPSA) is 44.5 Å². The lowest BCUT2D eigenvalue weighted by atomic mass is 10.0. The fourth-order valence-corrected chi connectivity index (χ4v) is 1.84. The van der Waals surface area contributed by atoms with E-state index in [2.05, 4.69) is 0 Å². The average Bonchev–Trinajstić information content (AvgIpc) is 2.39. The van der Waals surface area contributed by atoms with Gasteiger partial charge in [0.1, 0.15) is 0 Å². The van der Waals surface area contributed by atoms with Crippen LogP contribution in [0.1, 0.15) is 6.92 Å². The maximum atomic E-state index is 5.79. The van der Waals surface area contributed by atoms with E-state index < -0.39 is 0 Å². The third kappa shape index (κ3) is 2.56. The number of benzene rings is 2. The number of ether oxygens (including phenoxy) is 2. The summed E-state index contributed by atoms with van der Waals surface area (Å²) >= 11 is 0. The van der Waals surface area contributed by atoms with Gasteiger partial charge in [0.2, 0.25) is 0 Å². The molecule has 0 fully saturated rings. The normalized spacial score (nSPS) is 10.1. The highest BCUT2D eigenvalue weighted by molar-refractivity contribution is 5.70. The maximum absolute atomic E-state index is 5.79. The van der Waals surface area contributed by atoms with Crippen LogP contribution in [0.25, 0.3) is 11.1 Å². The van der Waals surface area contributed by atoms with Crippen molar-refractivity contribution in [2.45, 2.75) is 6.92 Å². The van der Waals surface area contributed by atoms with Gasteiger partial charge in [0.15, 0.2) is 11.5 Å². The number of rotatable bonds is 4. The Morgan fingerprint density at radius 1 is 1.00 bits per heavy atom. The number of nitrogens with two attached hydrogens (primary N) is 1. The number of hydrogen-bond donors (Lipinski definition) is 1. The summed E-state index contributed by atoms with van der Waals surface area (Å²) in [4.78, 5) is 0. The highest BCUT2D eigenvalue weighted by atomic mass is 16.5. The molecule has 0 saturated carbocycles. The minimum Gasteiger partial charge on any atom is -0.493 e. The van der Waals surface area contributed by atoms with Crippen molar-refractivity contribution in [1.82, 2.24) is 0 Å². The Morgan fingerprint density at radius 3 is 2.44 bits per heavy atom. The minimum absolute atomic E-state index is 0.619. The second-order valence-corrected chi connectivity index (χ2v) is 3.92. The Bertz CT molecular complexity index is 538. The first-order chi connectivity index (χ1) is 8.74. The predicted molar refractivity (Wildman–Crippen MR) is 74.0 cm³/mol. The van der Waals surface area contributed by atoms with Gasteiger partial charge in [0.05, 0.1) is 13.7 Å². The lowest BCUT2D eigenvalue weighted by Crippen LogP contribution is -1.95. The molecule has 0 bridgehead atoms. The Morgan fingerprint density at radius 2 is 1.78 bits per heavy atom. The van der Waals surface area contributed by atoms with Crippen LogP contribution in [-0.4, -0.2) is 13.7 Å². The molecular formula is C15H17NO2. The second kappa shape index (κ2) is 5.45. The molecule has 2 rings (SSSR count). The fourth-order valence-electron chi connectivity index (χ4n) is 1.84. The van der Waals surface area contributed by atoms with Crippen molar-refractivity contribution in [1.29, 1.82) is 0 Å². The van der Waals surface area contributed by atoms with Gasteiger partial charge in [-0.15, -0.1) is 0 Å². The summed E-state index contributed by atoms with van der Waals surface area (Å²) < 4.78 is 10.8. The highest BCUT2D eigenvalue weighted by Crippen LogP contribution is 2.32. The molecule has 2 aromatic rings. The maximum Gasteiger partial charge on any atom is 0.161 e. The van der Waals surface area contributed by atoms with E-state index in [0.29, 0.717) is 6.61 Å². The van der Waals surface area contributed by atoms with Crippen molar-refractivity contribution in [3.8, 4) is 22.6 Å². The third-order valence-electron chi connectivity index (χ3n) is 2.68. The summed E-state index contributed by atoms with van der Waals surface area (Å²) in [6.07, 6.45) is 0. The monoisotopic (exact) mass is 243 g/mol. The van der Waals surface area contributed by atoms with Crippen molar-refractivity contribution < 1.29 is 9.47 Å². The van der Waals surface area contributed by atoms with Crippen LogP contribution in [0.15, 0.2) is 42.5 Å². The van der Waals surface area contributed by atoms with Crippen molar-refractivity contribution in [3.05, 3.63) is 42.5 Å². The molecule has 3 nitrogen and oxygen atoms in total. The standard InChI is InChI=1S/C15H17NO2/c1-3-18-14-8-7-12(10-15(14)17-2)11-5-4-6-13(16)9-11/h4-10H,3,16H2,1-2H3. The molecule has 0 aliphatic carbocycles. The molecule has 94 valence electrons. The SMILES string of the molecule is CCOc1ccc(-c2cccc(N)c2)cc1OC. The van der Waals surface area contributed by atoms with Gasteiger partial charge < -0.3 is 15.2 Å². The van der Waals surface area contributed by atoms with Crippen molar-refractivity contribution in [2.75, 3.05) is 19.5 Å². The van der Waals surface area contributed by atoms with Crippen molar-refractivity contribution in [3.63, 3.8) is 0 Å². The zero-order valence-corrected chi connectivity index (χ0v) is 10.6. The van der Waals surface area contributed by atoms with Crippen LogP contribution in [0.4, 0.5) is 5.69 Å². The van der Waals surface area contributed by atoms with Gasteiger partial charge in [-0.2, -0.15) is 0 Å². The van der Waals surface area contributed by atoms with Gasteiger partial charge >= 0.3 is 0 Å². The molecule has 0 aliphatic rings. The first kappa shape index (κ1) is 12.3. The molecule has 0 spiro atoms. The zero-order chi connectivity index (χ0) is 13.0. The summed E-state index contributed by atoms with van der Waals surface area (Å²) in [5.41, 5.74) is 8.66. The Balaban J connectivity index is 2.41. The van der Waals surface area contributed by atoms with Crippen LogP contribution in [0.5, 0.6) is 11.5 Å². The Hall–Kier alpha value is -2.16. The lowest BCUT2D eigenvalue weighted by Gasteiger charge is -2.11. The largest absolute Gasteiger partial charge is 0.493 e. The smallest absolute Gasteiger partial charge is 0.161 e. The van der Waals surface area contributed by atoms with E-state index in [1.807, 2.05) is 49.4 Å². The molecule has 0 saturated heterocycles. The summed E-state index contributed by atoms with van der Waals surface area (Å²) in [7, 11) is 1.64.